The van der Waals surface area contributed by atoms with Crippen molar-refractivity contribution in [3.8, 4) is 0 Å². The van der Waals surface area contributed by atoms with Gasteiger partial charge in [-0.1, -0.05) is 12.1 Å². The molecule has 24 heavy (non-hydrogen) atoms. The number of benzene rings is 1. The van der Waals surface area contributed by atoms with Crippen LogP contribution >= 0.6 is 0 Å². The second kappa shape index (κ2) is 5.63. The van der Waals surface area contributed by atoms with E-state index in [0.29, 0.717) is 26.1 Å². The lowest BCUT2D eigenvalue weighted by Crippen LogP contribution is -2.35. The first-order valence-corrected chi connectivity index (χ1v) is 7.81. The monoisotopic (exact) mass is 325 g/mol. The molecule has 1 N–H and O–H groups in total. The predicted molar refractivity (Wildman–Crippen MR) is 87.4 cm³/mol. The van der Waals surface area contributed by atoms with E-state index >= 15 is 0 Å². The van der Waals surface area contributed by atoms with Crippen molar-refractivity contribution in [3.05, 3.63) is 65.2 Å². The summed E-state index contributed by atoms with van der Waals surface area (Å²) in [7, 11) is 0. The van der Waals surface area contributed by atoms with Crippen molar-refractivity contribution in [2.24, 2.45) is 0 Å². The molecule has 4 rings (SSSR count). The number of fused-ring (bicyclic) bond motifs is 3. The fourth-order valence-electron chi connectivity index (χ4n) is 3.41. The van der Waals surface area contributed by atoms with Crippen LogP contribution in [0.15, 0.2) is 42.6 Å². The third-order valence-corrected chi connectivity index (χ3v) is 4.51. The van der Waals surface area contributed by atoms with Gasteiger partial charge >= 0.3 is 6.09 Å². The number of carbonyl (C=O) groups is 1. The third kappa shape index (κ3) is 2.40. The number of halogens is 1. The Morgan fingerprint density at radius 2 is 2.17 bits per heavy atom. The highest BCUT2D eigenvalue weighted by Gasteiger charge is 2.26. The highest BCUT2D eigenvalue weighted by Crippen LogP contribution is 2.30. The number of nitrogens with zero attached hydrogens (tertiary/aromatic N) is 3. The fraction of sp³-hybridized carbons (Fsp3) is 0.222. The maximum atomic E-state index is 13.5. The second-order valence-corrected chi connectivity index (χ2v) is 5.97. The molecule has 6 heteroatoms. The number of amides is 1. The minimum Gasteiger partial charge on any atom is -0.465 e. The summed E-state index contributed by atoms with van der Waals surface area (Å²) in [4.78, 5) is 17.2. The number of carboxylic acid groups (broad SMARTS) is 1. The molecule has 0 fully saturated rings. The summed E-state index contributed by atoms with van der Waals surface area (Å²) < 4.78 is 15.5. The molecule has 0 unspecified atom stereocenters. The largest absolute Gasteiger partial charge is 0.465 e. The summed E-state index contributed by atoms with van der Waals surface area (Å²) in [5.74, 6) is -0.280. The molecular weight excluding hydrogens is 309 g/mol. The van der Waals surface area contributed by atoms with Crippen LogP contribution in [0.3, 0.4) is 0 Å². The zero-order chi connectivity index (χ0) is 16.7. The van der Waals surface area contributed by atoms with Crippen LogP contribution in [0.25, 0.3) is 11.0 Å². The maximum absolute atomic E-state index is 13.5. The lowest BCUT2D eigenvalue weighted by atomic mass is 10.0. The number of pyridine rings is 1. The van der Waals surface area contributed by atoms with Gasteiger partial charge in [0, 0.05) is 30.4 Å². The number of aromatic nitrogens is 2. The molecule has 0 atom stereocenters. The van der Waals surface area contributed by atoms with Gasteiger partial charge in [0.05, 0.1) is 6.54 Å². The first-order chi connectivity index (χ1) is 11.6. The first kappa shape index (κ1) is 14.7. The molecule has 3 heterocycles. The van der Waals surface area contributed by atoms with Crippen LogP contribution in [0.1, 0.15) is 16.8 Å². The second-order valence-electron chi connectivity index (χ2n) is 5.97. The summed E-state index contributed by atoms with van der Waals surface area (Å²) in [5.41, 5.74) is 3.74. The lowest BCUT2D eigenvalue weighted by Gasteiger charge is -2.26. The van der Waals surface area contributed by atoms with Crippen molar-refractivity contribution in [1.82, 2.24) is 14.5 Å². The quantitative estimate of drug-likeness (QED) is 0.787. The van der Waals surface area contributed by atoms with Crippen LogP contribution < -0.4 is 0 Å². The van der Waals surface area contributed by atoms with E-state index in [1.165, 1.54) is 17.0 Å². The molecule has 3 aromatic rings. The van der Waals surface area contributed by atoms with Crippen LogP contribution in [0.2, 0.25) is 0 Å². The van der Waals surface area contributed by atoms with Gasteiger partial charge in [0.2, 0.25) is 0 Å². The molecule has 122 valence electrons. The highest BCUT2D eigenvalue weighted by molar-refractivity contribution is 5.83. The Morgan fingerprint density at radius 3 is 2.96 bits per heavy atom. The standard InChI is InChI=1S/C18H16FN3O2/c19-13-4-1-3-12(9-13)10-22-16-11-21(18(23)24)8-6-14(16)15-5-2-7-20-17(15)22/h1-5,7,9H,6,8,10-11H2,(H,23,24). The zero-order valence-electron chi connectivity index (χ0n) is 12.9. The minimum atomic E-state index is -0.920. The van der Waals surface area contributed by atoms with E-state index in [4.69, 9.17) is 0 Å². The lowest BCUT2D eigenvalue weighted by molar-refractivity contribution is 0.138. The van der Waals surface area contributed by atoms with Crippen molar-refractivity contribution in [2.45, 2.75) is 19.5 Å². The van der Waals surface area contributed by atoms with Crippen LogP contribution in [0.4, 0.5) is 9.18 Å². The Labute approximate surface area is 138 Å². The predicted octanol–water partition coefficient (Wildman–Crippen LogP) is 3.26. The molecule has 1 amide bonds. The summed E-state index contributed by atoms with van der Waals surface area (Å²) in [5, 5.41) is 10.4. The molecule has 1 aromatic carbocycles. The van der Waals surface area contributed by atoms with Gasteiger partial charge in [-0.25, -0.2) is 14.2 Å². The van der Waals surface area contributed by atoms with E-state index in [2.05, 4.69) is 4.98 Å². The van der Waals surface area contributed by atoms with Gasteiger partial charge in [-0.15, -0.1) is 0 Å². The van der Waals surface area contributed by atoms with Crippen molar-refractivity contribution in [1.29, 1.82) is 0 Å². The van der Waals surface area contributed by atoms with Crippen molar-refractivity contribution < 1.29 is 14.3 Å². The first-order valence-electron chi connectivity index (χ1n) is 7.81. The molecule has 0 radical (unpaired) electrons. The van der Waals surface area contributed by atoms with Gasteiger partial charge in [0.15, 0.2) is 0 Å². The van der Waals surface area contributed by atoms with Gasteiger partial charge in [-0.3, -0.25) is 0 Å². The Balaban J connectivity index is 1.85. The molecule has 0 bridgehead atoms. The van der Waals surface area contributed by atoms with Crippen molar-refractivity contribution >= 4 is 17.1 Å². The fourth-order valence-corrected chi connectivity index (χ4v) is 3.41. The van der Waals surface area contributed by atoms with E-state index < -0.39 is 6.09 Å². The minimum absolute atomic E-state index is 0.280. The van der Waals surface area contributed by atoms with Gasteiger partial charge in [-0.05, 0) is 41.8 Å². The van der Waals surface area contributed by atoms with Gasteiger partial charge in [0.25, 0.3) is 0 Å². The molecule has 1 aliphatic heterocycles. The summed E-state index contributed by atoms with van der Waals surface area (Å²) in [6, 6.07) is 10.4. The van der Waals surface area contributed by atoms with Crippen LogP contribution in [-0.2, 0) is 19.5 Å². The Bertz CT molecular complexity index is 935. The van der Waals surface area contributed by atoms with E-state index in [0.717, 1.165) is 27.9 Å². The molecule has 0 spiro atoms. The molecule has 5 nitrogen and oxygen atoms in total. The van der Waals surface area contributed by atoms with Gasteiger partial charge in [0.1, 0.15) is 11.5 Å². The molecule has 0 saturated carbocycles. The number of hydrogen-bond acceptors (Lipinski definition) is 2. The van der Waals surface area contributed by atoms with E-state index in [1.54, 1.807) is 12.3 Å². The summed E-state index contributed by atoms with van der Waals surface area (Å²) >= 11 is 0. The highest BCUT2D eigenvalue weighted by atomic mass is 19.1. The maximum Gasteiger partial charge on any atom is 0.407 e. The van der Waals surface area contributed by atoms with E-state index in [-0.39, 0.29) is 5.82 Å². The summed E-state index contributed by atoms with van der Waals surface area (Å²) in [6.45, 7) is 1.28. The van der Waals surface area contributed by atoms with Gasteiger partial charge in [-0.2, -0.15) is 0 Å². The smallest absolute Gasteiger partial charge is 0.407 e. The van der Waals surface area contributed by atoms with E-state index in [9.17, 15) is 14.3 Å². The SMILES string of the molecule is O=C(O)N1CCc2c(n(Cc3cccc(F)c3)c3ncccc23)C1. The average molecular weight is 325 g/mol. The Kier molecular flexibility index (Phi) is 3.45. The van der Waals surface area contributed by atoms with Crippen molar-refractivity contribution in [3.63, 3.8) is 0 Å². The molecular formula is C18H16FN3O2. The number of hydrogen-bond donors (Lipinski definition) is 1. The summed E-state index contributed by atoms with van der Waals surface area (Å²) in [6.07, 6.45) is 1.47. The van der Waals surface area contributed by atoms with Crippen LogP contribution in [0, 0.1) is 5.82 Å². The molecule has 0 saturated heterocycles. The third-order valence-electron chi connectivity index (χ3n) is 4.51. The topological polar surface area (TPSA) is 58.4 Å². The average Bonchev–Trinajstić information content (AvgIpc) is 2.89. The number of rotatable bonds is 2. The zero-order valence-corrected chi connectivity index (χ0v) is 12.9. The van der Waals surface area contributed by atoms with Crippen molar-refractivity contribution in [2.75, 3.05) is 6.54 Å². The van der Waals surface area contributed by atoms with Crippen LogP contribution in [-0.4, -0.2) is 32.2 Å². The van der Waals surface area contributed by atoms with Gasteiger partial charge < -0.3 is 14.6 Å². The molecule has 2 aromatic heterocycles. The van der Waals surface area contributed by atoms with Crippen LogP contribution in [0.5, 0.6) is 0 Å². The Hall–Kier alpha value is -2.89. The molecule has 1 aliphatic rings. The molecule has 0 aliphatic carbocycles. The normalized spacial score (nSPS) is 14.0. The van der Waals surface area contributed by atoms with E-state index in [1.807, 2.05) is 22.8 Å². The Morgan fingerprint density at radius 1 is 1.29 bits per heavy atom.